The molecule has 0 spiro atoms. The maximum Gasteiger partial charge on any atom is 0.263 e. The Hall–Kier alpha value is -2.90. The molecule has 6 nitrogen and oxygen atoms in total. The van der Waals surface area contributed by atoms with Gasteiger partial charge in [0.2, 0.25) is 11.8 Å². The highest BCUT2D eigenvalue weighted by molar-refractivity contribution is 7.12. The average Bonchev–Trinajstić information content (AvgIpc) is 3.31. The summed E-state index contributed by atoms with van der Waals surface area (Å²) in [7, 11) is 0. The second-order valence-corrected chi connectivity index (χ2v) is 8.38. The number of piperidine rings is 1. The Morgan fingerprint density at radius 2 is 2.00 bits per heavy atom. The largest absolute Gasteiger partial charge is 0.439 e. The van der Waals surface area contributed by atoms with Crippen LogP contribution < -0.4 is 10.1 Å². The number of hydrogen-bond donors (Lipinski definition) is 1. The summed E-state index contributed by atoms with van der Waals surface area (Å²) >= 11 is 7.29. The van der Waals surface area contributed by atoms with E-state index in [0.29, 0.717) is 40.3 Å². The van der Waals surface area contributed by atoms with E-state index >= 15 is 0 Å². The van der Waals surface area contributed by atoms with Gasteiger partial charge in [-0.3, -0.25) is 9.59 Å². The molecule has 1 atom stereocenters. The molecule has 2 aromatic heterocycles. The van der Waals surface area contributed by atoms with Crippen LogP contribution in [0.3, 0.4) is 0 Å². The first kappa shape index (κ1) is 20.4. The molecular formula is C22H20ClN3O3S. The molecule has 1 N–H and O–H groups in total. The summed E-state index contributed by atoms with van der Waals surface area (Å²) in [6, 6.07) is 14.1. The van der Waals surface area contributed by atoms with Crippen LogP contribution in [0.25, 0.3) is 0 Å². The number of halogens is 1. The van der Waals surface area contributed by atoms with E-state index in [1.165, 1.54) is 11.3 Å². The van der Waals surface area contributed by atoms with E-state index < -0.39 is 0 Å². The first-order valence-electron chi connectivity index (χ1n) is 9.61. The summed E-state index contributed by atoms with van der Waals surface area (Å²) in [6.07, 6.45) is 3.12. The Kier molecular flexibility index (Phi) is 6.30. The zero-order valence-electron chi connectivity index (χ0n) is 16.1. The summed E-state index contributed by atoms with van der Waals surface area (Å²) in [5.41, 5.74) is 0.588. The van der Waals surface area contributed by atoms with Gasteiger partial charge in [0.1, 0.15) is 5.75 Å². The SMILES string of the molecule is O=C(Nc1ccc(Oc2ccc(Cl)cc2)nc1)C1CCCN(C(=O)c2cccs2)C1. The molecule has 30 heavy (non-hydrogen) atoms. The number of pyridine rings is 1. The number of likely N-dealkylation sites (tertiary alicyclic amines) is 1. The summed E-state index contributed by atoms with van der Waals surface area (Å²) in [5.74, 6) is 0.689. The van der Waals surface area contributed by atoms with Gasteiger partial charge in [-0.2, -0.15) is 0 Å². The molecule has 8 heteroatoms. The standard InChI is InChI=1S/C22H20ClN3O3S/c23-16-5-8-18(9-6-16)29-20-10-7-17(13-24-20)25-21(27)15-3-1-11-26(14-15)22(28)19-4-2-12-30-19/h2,4-10,12-13,15H,1,3,11,14H2,(H,25,27). The molecule has 154 valence electrons. The second-order valence-electron chi connectivity index (χ2n) is 7.00. The maximum atomic E-state index is 12.7. The number of amides is 2. The van der Waals surface area contributed by atoms with Crippen LogP contribution in [0.2, 0.25) is 5.02 Å². The highest BCUT2D eigenvalue weighted by atomic mass is 35.5. The van der Waals surface area contributed by atoms with E-state index in [9.17, 15) is 9.59 Å². The Bertz CT molecular complexity index is 1010. The van der Waals surface area contributed by atoms with Crippen LogP contribution in [0.4, 0.5) is 5.69 Å². The molecule has 3 heterocycles. The molecule has 2 amide bonds. The molecule has 3 aromatic rings. The second kappa shape index (κ2) is 9.28. The maximum absolute atomic E-state index is 12.7. The zero-order valence-corrected chi connectivity index (χ0v) is 17.7. The minimum absolute atomic E-state index is 0.00660. The number of ether oxygens (including phenoxy) is 1. The molecule has 0 aliphatic carbocycles. The third-order valence-corrected chi connectivity index (χ3v) is 5.96. The van der Waals surface area contributed by atoms with Crippen molar-refractivity contribution in [2.75, 3.05) is 18.4 Å². The highest BCUT2D eigenvalue weighted by Crippen LogP contribution is 2.24. The van der Waals surface area contributed by atoms with E-state index in [0.717, 1.165) is 12.8 Å². The average molecular weight is 442 g/mol. The summed E-state index contributed by atoms with van der Waals surface area (Å²) in [5, 5.41) is 5.41. The topological polar surface area (TPSA) is 71.5 Å². The third-order valence-electron chi connectivity index (χ3n) is 4.85. The number of carbonyl (C=O) groups excluding carboxylic acids is 2. The molecule has 1 aliphatic rings. The van der Waals surface area contributed by atoms with E-state index in [2.05, 4.69) is 10.3 Å². The minimum atomic E-state index is -0.243. The van der Waals surface area contributed by atoms with Crippen molar-refractivity contribution in [3.05, 3.63) is 70.0 Å². The van der Waals surface area contributed by atoms with Crippen LogP contribution in [0, 0.1) is 5.92 Å². The van der Waals surface area contributed by atoms with E-state index in [4.69, 9.17) is 16.3 Å². The summed E-state index contributed by atoms with van der Waals surface area (Å²) in [6.45, 7) is 1.10. The van der Waals surface area contributed by atoms with Crippen LogP contribution in [0.1, 0.15) is 22.5 Å². The molecule has 1 fully saturated rings. The van der Waals surface area contributed by atoms with Gasteiger partial charge < -0.3 is 15.0 Å². The van der Waals surface area contributed by atoms with Gasteiger partial charge in [-0.05, 0) is 54.6 Å². The molecule has 4 rings (SSSR count). The Labute approximate surface area is 183 Å². The first-order chi connectivity index (χ1) is 14.6. The van der Waals surface area contributed by atoms with Gasteiger partial charge in [-0.15, -0.1) is 11.3 Å². The molecule has 1 aliphatic heterocycles. The third kappa shape index (κ3) is 4.98. The van der Waals surface area contributed by atoms with Crippen LogP contribution in [-0.2, 0) is 4.79 Å². The number of anilines is 1. The van der Waals surface area contributed by atoms with Crippen molar-refractivity contribution in [1.29, 1.82) is 0 Å². The van der Waals surface area contributed by atoms with Crippen LogP contribution in [-0.4, -0.2) is 34.8 Å². The number of nitrogens with zero attached hydrogens (tertiary/aromatic N) is 2. The summed E-state index contributed by atoms with van der Waals surface area (Å²) < 4.78 is 5.66. The Morgan fingerprint density at radius 3 is 2.70 bits per heavy atom. The van der Waals surface area contributed by atoms with E-state index in [1.807, 2.05) is 17.5 Å². The van der Waals surface area contributed by atoms with Gasteiger partial charge in [0.15, 0.2) is 0 Å². The van der Waals surface area contributed by atoms with Crippen molar-refractivity contribution < 1.29 is 14.3 Å². The fourth-order valence-corrected chi connectivity index (χ4v) is 4.13. The molecule has 0 radical (unpaired) electrons. The van der Waals surface area contributed by atoms with Crippen LogP contribution in [0.5, 0.6) is 11.6 Å². The fraction of sp³-hybridized carbons (Fsp3) is 0.227. The number of benzene rings is 1. The number of thiophene rings is 1. The number of nitrogens with one attached hydrogen (secondary N) is 1. The van der Waals surface area contributed by atoms with Crippen molar-refractivity contribution in [2.24, 2.45) is 5.92 Å². The molecule has 1 aromatic carbocycles. The lowest BCUT2D eigenvalue weighted by molar-refractivity contribution is -0.121. The molecule has 0 bridgehead atoms. The molecule has 1 saturated heterocycles. The van der Waals surface area contributed by atoms with Crippen molar-refractivity contribution >= 4 is 40.4 Å². The fourth-order valence-electron chi connectivity index (χ4n) is 3.31. The lowest BCUT2D eigenvalue weighted by Crippen LogP contribution is -2.43. The van der Waals surface area contributed by atoms with E-state index in [-0.39, 0.29) is 17.7 Å². The van der Waals surface area contributed by atoms with Gasteiger partial charge in [-0.1, -0.05) is 17.7 Å². The van der Waals surface area contributed by atoms with Gasteiger partial charge in [0.25, 0.3) is 5.91 Å². The van der Waals surface area contributed by atoms with Crippen molar-refractivity contribution in [2.45, 2.75) is 12.8 Å². The number of rotatable bonds is 5. The van der Waals surface area contributed by atoms with Crippen molar-refractivity contribution in [1.82, 2.24) is 9.88 Å². The zero-order chi connectivity index (χ0) is 20.9. The molecule has 0 saturated carbocycles. The van der Waals surface area contributed by atoms with Gasteiger partial charge in [0.05, 0.1) is 22.7 Å². The molecule has 1 unspecified atom stereocenters. The lowest BCUT2D eigenvalue weighted by atomic mass is 9.97. The predicted octanol–water partition coefficient (Wildman–Crippen LogP) is 5.08. The number of carbonyl (C=O) groups is 2. The predicted molar refractivity (Wildman–Crippen MR) is 117 cm³/mol. The van der Waals surface area contributed by atoms with Gasteiger partial charge in [-0.25, -0.2) is 4.98 Å². The van der Waals surface area contributed by atoms with Gasteiger partial charge >= 0.3 is 0 Å². The van der Waals surface area contributed by atoms with Crippen molar-refractivity contribution in [3.63, 3.8) is 0 Å². The molecular weight excluding hydrogens is 422 g/mol. The van der Waals surface area contributed by atoms with Crippen LogP contribution >= 0.6 is 22.9 Å². The van der Waals surface area contributed by atoms with Gasteiger partial charge in [0, 0.05) is 24.2 Å². The normalized spacial score (nSPS) is 16.2. The number of hydrogen-bond acceptors (Lipinski definition) is 5. The monoisotopic (exact) mass is 441 g/mol. The highest BCUT2D eigenvalue weighted by Gasteiger charge is 2.29. The summed E-state index contributed by atoms with van der Waals surface area (Å²) in [4.78, 5) is 32.0. The lowest BCUT2D eigenvalue weighted by Gasteiger charge is -2.31. The first-order valence-corrected chi connectivity index (χ1v) is 10.9. The Balaban J connectivity index is 1.34. The smallest absolute Gasteiger partial charge is 0.263 e. The Morgan fingerprint density at radius 1 is 1.17 bits per heavy atom. The van der Waals surface area contributed by atoms with Crippen LogP contribution in [0.15, 0.2) is 60.1 Å². The van der Waals surface area contributed by atoms with Crippen molar-refractivity contribution in [3.8, 4) is 11.6 Å². The number of aromatic nitrogens is 1. The minimum Gasteiger partial charge on any atom is -0.439 e. The quantitative estimate of drug-likeness (QED) is 0.599. The van der Waals surface area contributed by atoms with E-state index in [1.54, 1.807) is 47.5 Å².